The third-order valence-electron chi connectivity index (χ3n) is 4.42. The van der Waals surface area contributed by atoms with E-state index in [4.69, 9.17) is 9.47 Å². The van der Waals surface area contributed by atoms with Crippen molar-refractivity contribution in [2.75, 3.05) is 14.2 Å². The predicted molar refractivity (Wildman–Crippen MR) is 107 cm³/mol. The molecule has 0 amide bonds. The summed E-state index contributed by atoms with van der Waals surface area (Å²) in [4.78, 5) is 0. The molecule has 0 spiro atoms. The maximum atomic E-state index is 14.0. The molecular weight excluding hydrogens is 343 g/mol. The Morgan fingerprint density at radius 2 is 1.08 bits per heavy atom. The second kappa shape index (κ2) is 8.25. The molecule has 0 bridgehead atoms. The van der Waals surface area contributed by atoms with Crippen LogP contribution in [0.3, 0.4) is 0 Å². The molecule has 4 heteroatoms. The maximum absolute atomic E-state index is 14.0. The molecule has 0 N–H and O–H groups in total. The van der Waals surface area contributed by atoms with Gasteiger partial charge in [0.2, 0.25) is 0 Å². The van der Waals surface area contributed by atoms with E-state index in [1.807, 2.05) is 78.9 Å². The molecule has 0 aliphatic carbocycles. The summed E-state index contributed by atoms with van der Waals surface area (Å²) in [6.45, 7) is 0. The van der Waals surface area contributed by atoms with Crippen LogP contribution in [-0.4, -0.2) is 14.2 Å². The molecule has 3 rings (SSSR count). The van der Waals surface area contributed by atoms with Crippen LogP contribution in [0.2, 0.25) is 0 Å². The third kappa shape index (κ3) is 4.36. The standard InChI is InChI=1S/C22H23O3P/c1-24-20-12-8-18(9-13-20)16-26(23,22-6-4-3-5-7-22)17-19-10-14-21(25-2)15-11-19/h3-15H,16-17H2,1-2H3. The van der Waals surface area contributed by atoms with Gasteiger partial charge in [-0.15, -0.1) is 0 Å². The Morgan fingerprint density at radius 3 is 1.46 bits per heavy atom. The average Bonchev–Trinajstić information content (AvgIpc) is 2.70. The van der Waals surface area contributed by atoms with E-state index in [0.29, 0.717) is 12.3 Å². The number of hydrogen-bond acceptors (Lipinski definition) is 3. The molecule has 0 heterocycles. The van der Waals surface area contributed by atoms with Crippen LogP contribution >= 0.6 is 7.14 Å². The molecule has 3 aromatic carbocycles. The number of ether oxygens (including phenoxy) is 2. The number of benzene rings is 3. The summed E-state index contributed by atoms with van der Waals surface area (Å²) < 4.78 is 24.4. The van der Waals surface area contributed by atoms with Gasteiger partial charge in [-0.3, -0.25) is 0 Å². The van der Waals surface area contributed by atoms with Crippen LogP contribution in [0.15, 0.2) is 78.9 Å². The van der Waals surface area contributed by atoms with Crippen molar-refractivity contribution in [3.8, 4) is 11.5 Å². The highest BCUT2D eigenvalue weighted by molar-refractivity contribution is 7.70. The van der Waals surface area contributed by atoms with Gasteiger partial charge in [0, 0.05) is 17.6 Å². The third-order valence-corrected chi connectivity index (χ3v) is 7.41. The molecule has 0 aromatic heterocycles. The predicted octanol–water partition coefficient (Wildman–Crippen LogP) is 5.09. The van der Waals surface area contributed by atoms with Crippen molar-refractivity contribution >= 4 is 12.4 Å². The molecule has 26 heavy (non-hydrogen) atoms. The normalized spacial score (nSPS) is 11.2. The van der Waals surface area contributed by atoms with E-state index in [-0.39, 0.29) is 0 Å². The van der Waals surface area contributed by atoms with Crippen molar-refractivity contribution in [2.45, 2.75) is 12.3 Å². The smallest absolute Gasteiger partial charge is 0.124 e. The van der Waals surface area contributed by atoms with Gasteiger partial charge < -0.3 is 14.0 Å². The van der Waals surface area contributed by atoms with E-state index in [1.165, 1.54) is 0 Å². The fraction of sp³-hybridized carbons (Fsp3) is 0.182. The van der Waals surface area contributed by atoms with Gasteiger partial charge in [0.1, 0.15) is 18.6 Å². The van der Waals surface area contributed by atoms with Crippen molar-refractivity contribution < 1.29 is 14.0 Å². The zero-order chi connectivity index (χ0) is 18.4. The largest absolute Gasteiger partial charge is 0.497 e. The van der Waals surface area contributed by atoms with Gasteiger partial charge in [-0.1, -0.05) is 54.6 Å². The number of hydrogen-bond donors (Lipinski definition) is 0. The van der Waals surface area contributed by atoms with Crippen molar-refractivity contribution in [2.24, 2.45) is 0 Å². The fourth-order valence-corrected chi connectivity index (χ4v) is 5.78. The summed E-state index contributed by atoms with van der Waals surface area (Å²) in [6, 6.07) is 25.4. The van der Waals surface area contributed by atoms with E-state index in [0.717, 1.165) is 27.9 Å². The lowest BCUT2D eigenvalue weighted by Crippen LogP contribution is -2.09. The Hall–Kier alpha value is -2.51. The van der Waals surface area contributed by atoms with Crippen LogP contribution in [0.25, 0.3) is 0 Å². The summed E-state index contributed by atoms with van der Waals surface area (Å²) in [5.74, 6) is 1.61. The molecular formula is C22H23O3P. The Bertz CT molecular complexity index is 818. The van der Waals surface area contributed by atoms with Gasteiger partial charge in [0.05, 0.1) is 14.2 Å². The van der Waals surface area contributed by atoms with Gasteiger partial charge in [-0.2, -0.15) is 0 Å². The van der Waals surface area contributed by atoms with Crippen molar-refractivity contribution in [1.29, 1.82) is 0 Å². The van der Waals surface area contributed by atoms with Gasteiger partial charge in [-0.25, -0.2) is 0 Å². The monoisotopic (exact) mass is 366 g/mol. The fourth-order valence-electron chi connectivity index (χ4n) is 2.99. The minimum absolute atomic E-state index is 0.521. The van der Waals surface area contributed by atoms with Crippen LogP contribution in [0.4, 0.5) is 0 Å². The highest BCUT2D eigenvalue weighted by atomic mass is 31.2. The zero-order valence-corrected chi connectivity index (χ0v) is 16.0. The molecule has 134 valence electrons. The average molecular weight is 366 g/mol. The molecule has 3 aromatic rings. The first-order chi connectivity index (χ1) is 12.6. The summed E-state index contributed by atoms with van der Waals surface area (Å²) >= 11 is 0. The van der Waals surface area contributed by atoms with E-state index >= 15 is 0 Å². The summed E-state index contributed by atoms with van der Waals surface area (Å²) in [7, 11) is 0.648. The minimum Gasteiger partial charge on any atom is -0.497 e. The van der Waals surface area contributed by atoms with Crippen LogP contribution in [0, 0.1) is 0 Å². The second-order valence-corrected chi connectivity index (χ2v) is 9.16. The van der Waals surface area contributed by atoms with Gasteiger partial charge in [0.15, 0.2) is 0 Å². The van der Waals surface area contributed by atoms with Crippen molar-refractivity contribution in [3.63, 3.8) is 0 Å². The van der Waals surface area contributed by atoms with Gasteiger partial charge >= 0.3 is 0 Å². The van der Waals surface area contributed by atoms with E-state index < -0.39 is 7.14 Å². The molecule has 0 atom stereocenters. The first-order valence-electron chi connectivity index (χ1n) is 8.52. The van der Waals surface area contributed by atoms with Gasteiger partial charge in [0.25, 0.3) is 0 Å². The highest BCUT2D eigenvalue weighted by Gasteiger charge is 2.25. The Labute approximate surface area is 155 Å². The van der Waals surface area contributed by atoms with Crippen molar-refractivity contribution in [3.05, 3.63) is 90.0 Å². The quantitative estimate of drug-likeness (QED) is 0.546. The maximum Gasteiger partial charge on any atom is 0.124 e. The van der Waals surface area contributed by atoms with Crippen LogP contribution < -0.4 is 14.8 Å². The molecule has 0 radical (unpaired) electrons. The molecule has 0 fully saturated rings. The summed E-state index contributed by atoms with van der Waals surface area (Å²) in [5.41, 5.74) is 2.10. The van der Waals surface area contributed by atoms with E-state index in [2.05, 4.69) is 0 Å². The first kappa shape index (κ1) is 18.3. The first-order valence-corrected chi connectivity index (χ1v) is 10.6. The number of methoxy groups -OCH3 is 2. The van der Waals surface area contributed by atoms with Crippen LogP contribution in [0.5, 0.6) is 11.5 Å². The topological polar surface area (TPSA) is 35.5 Å². The number of rotatable bonds is 7. The van der Waals surface area contributed by atoms with Crippen LogP contribution in [-0.2, 0) is 16.9 Å². The second-order valence-electron chi connectivity index (χ2n) is 6.24. The molecule has 0 saturated carbocycles. The molecule has 3 nitrogen and oxygen atoms in total. The molecule has 0 saturated heterocycles. The molecule has 0 aliphatic rings. The van der Waals surface area contributed by atoms with E-state index in [9.17, 15) is 4.57 Å². The summed E-state index contributed by atoms with van der Waals surface area (Å²) in [5, 5.41) is 0.909. The van der Waals surface area contributed by atoms with Crippen LogP contribution in [0.1, 0.15) is 11.1 Å². The zero-order valence-electron chi connectivity index (χ0n) is 15.1. The Balaban J connectivity index is 1.91. The van der Waals surface area contributed by atoms with E-state index in [1.54, 1.807) is 14.2 Å². The summed E-state index contributed by atoms with van der Waals surface area (Å²) in [6.07, 6.45) is 1.04. The molecule has 0 aliphatic heterocycles. The Kier molecular flexibility index (Phi) is 5.80. The lowest BCUT2D eigenvalue weighted by molar-refractivity contribution is 0.414. The SMILES string of the molecule is COc1ccc(CP(=O)(Cc2ccc(OC)cc2)c2ccccc2)cc1. The lowest BCUT2D eigenvalue weighted by Gasteiger charge is -2.19. The molecule has 0 unspecified atom stereocenters. The lowest BCUT2D eigenvalue weighted by atomic mass is 10.2. The Morgan fingerprint density at radius 1 is 0.654 bits per heavy atom. The van der Waals surface area contributed by atoms with Gasteiger partial charge in [-0.05, 0) is 35.4 Å². The highest BCUT2D eigenvalue weighted by Crippen LogP contribution is 2.51. The van der Waals surface area contributed by atoms with Crippen molar-refractivity contribution in [1.82, 2.24) is 0 Å². The minimum atomic E-state index is -2.64.